The van der Waals surface area contributed by atoms with Crippen molar-refractivity contribution in [2.45, 2.75) is 25.3 Å². The van der Waals surface area contributed by atoms with E-state index in [2.05, 4.69) is 23.1 Å². The minimum absolute atomic E-state index is 0.143. The SMILES string of the molecule is CN(C)C(=O)CN1CCC[C@@H]1c1cccc(Cc2ccc(Cl)cc2)n1. The molecule has 5 heteroatoms. The Morgan fingerprint density at radius 1 is 1.24 bits per heavy atom. The Balaban J connectivity index is 1.73. The molecule has 2 aromatic rings. The van der Waals surface area contributed by atoms with Crippen molar-refractivity contribution >= 4 is 17.5 Å². The molecule has 1 saturated heterocycles. The number of nitrogens with zero attached hydrogens (tertiary/aromatic N) is 3. The Labute approximate surface area is 154 Å². The first-order valence-electron chi connectivity index (χ1n) is 8.67. The highest BCUT2D eigenvalue weighted by molar-refractivity contribution is 6.30. The number of likely N-dealkylation sites (N-methyl/N-ethyl adjacent to an activating group) is 1. The first kappa shape index (κ1) is 17.9. The standard InChI is InChI=1S/C20H24ClN3O/c1-23(2)20(25)14-24-12-4-7-19(24)18-6-3-5-17(22-18)13-15-8-10-16(21)11-9-15/h3,5-6,8-11,19H,4,7,12-14H2,1-2H3/t19-/m1/s1. The van der Waals surface area contributed by atoms with Crippen molar-refractivity contribution < 1.29 is 4.79 Å². The molecule has 132 valence electrons. The Morgan fingerprint density at radius 3 is 2.72 bits per heavy atom. The molecule has 1 aliphatic rings. The highest BCUT2D eigenvalue weighted by Crippen LogP contribution is 2.30. The lowest BCUT2D eigenvalue weighted by Crippen LogP contribution is -2.36. The second kappa shape index (κ2) is 7.98. The van der Waals surface area contributed by atoms with E-state index in [1.165, 1.54) is 5.56 Å². The van der Waals surface area contributed by atoms with Gasteiger partial charge in [0.15, 0.2) is 0 Å². The van der Waals surface area contributed by atoms with Crippen molar-refractivity contribution in [1.29, 1.82) is 0 Å². The lowest BCUT2D eigenvalue weighted by Gasteiger charge is -2.25. The van der Waals surface area contributed by atoms with Crippen LogP contribution in [0.3, 0.4) is 0 Å². The second-order valence-corrected chi connectivity index (χ2v) is 7.21. The average Bonchev–Trinajstić information content (AvgIpc) is 3.05. The molecular formula is C20H24ClN3O. The maximum Gasteiger partial charge on any atom is 0.236 e. The van der Waals surface area contributed by atoms with Crippen molar-refractivity contribution in [3.05, 3.63) is 64.4 Å². The average molecular weight is 358 g/mol. The molecule has 1 aromatic heterocycles. The van der Waals surface area contributed by atoms with E-state index in [1.54, 1.807) is 19.0 Å². The van der Waals surface area contributed by atoms with E-state index in [0.717, 1.165) is 42.2 Å². The number of hydrogen-bond donors (Lipinski definition) is 0. The topological polar surface area (TPSA) is 36.4 Å². The molecule has 0 bridgehead atoms. The highest BCUT2D eigenvalue weighted by atomic mass is 35.5. The Morgan fingerprint density at radius 2 is 2.00 bits per heavy atom. The number of carbonyl (C=O) groups excluding carboxylic acids is 1. The van der Waals surface area contributed by atoms with Crippen LogP contribution < -0.4 is 0 Å². The summed E-state index contributed by atoms with van der Waals surface area (Å²) in [4.78, 5) is 20.8. The first-order valence-corrected chi connectivity index (χ1v) is 9.05. The zero-order valence-corrected chi connectivity index (χ0v) is 15.5. The maximum atomic E-state index is 12.1. The third kappa shape index (κ3) is 4.59. The summed E-state index contributed by atoms with van der Waals surface area (Å²) in [5.41, 5.74) is 3.31. The summed E-state index contributed by atoms with van der Waals surface area (Å²) >= 11 is 5.95. The van der Waals surface area contributed by atoms with Gasteiger partial charge in [-0.05, 0) is 49.2 Å². The number of halogens is 1. The summed E-state index contributed by atoms with van der Waals surface area (Å²) in [6.45, 7) is 1.41. The largest absolute Gasteiger partial charge is 0.348 e. The fraction of sp³-hybridized carbons (Fsp3) is 0.400. The summed E-state index contributed by atoms with van der Waals surface area (Å²) < 4.78 is 0. The van der Waals surface area contributed by atoms with Gasteiger partial charge in [0.2, 0.25) is 5.91 Å². The van der Waals surface area contributed by atoms with Gasteiger partial charge in [0.1, 0.15) is 0 Å². The normalized spacial score (nSPS) is 17.6. The van der Waals surface area contributed by atoms with Gasteiger partial charge >= 0.3 is 0 Å². The monoisotopic (exact) mass is 357 g/mol. The molecule has 1 aromatic carbocycles. The van der Waals surface area contributed by atoms with Gasteiger partial charge in [-0.1, -0.05) is 29.8 Å². The van der Waals surface area contributed by atoms with E-state index >= 15 is 0 Å². The number of benzene rings is 1. The number of carbonyl (C=O) groups is 1. The van der Waals surface area contributed by atoms with Gasteiger partial charge in [0, 0.05) is 31.2 Å². The molecule has 4 nitrogen and oxygen atoms in total. The summed E-state index contributed by atoms with van der Waals surface area (Å²) in [5.74, 6) is 0.143. The third-order valence-electron chi connectivity index (χ3n) is 4.67. The Bertz CT molecular complexity index is 730. The molecular weight excluding hydrogens is 334 g/mol. The molecule has 1 atom stereocenters. The van der Waals surface area contributed by atoms with Crippen LogP contribution in [-0.2, 0) is 11.2 Å². The van der Waals surface area contributed by atoms with Gasteiger partial charge in [-0.25, -0.2) is 0 Å². The van der Waals surface area contributed by atoms with Crippen molar-refractivity contribution in [1.82, 2.24) is 14.8 Å². The van der Waals surface area contributed by atoms with Crippen LogP contribution in [0.2, 0.25) is 5.02 Å². The van der Waals surface area contributed by atoms with Gasteiger partial charge in [-0.3, -0.25) is 14.7 Å². The minimum atomic E-state index is 0.143. The summed E-state index contributed by atoms with van der Waals surface area (Å²) in [6.07, 6.45) is 2.95. The molecule has 1 amide bonds. The molecule has 0 saturated carbocycles. The zero-order valence-electron chi connectivity index (χ0n) is 14.8. The van der Waals surface area contributed by atoms with Crippen LogP contribution in [0.15, 0.2) is 42.5 Å². The number of hydrogen-bond acceptors (Lipinski definition) is 3. The smallest absolute Gasteiger partial charge is 0.236 e. The molecule has 0 radical (unpaired) electrons. The molecule has 0 N–H and O–H groups in total. The van der Waals surface area contributed by atoms with E-state index in [-0.39, 0.29) is 11.9 Å². The van der Waals surface area contributed by atoms with Gasteiger partial charge in [-0.15, -0.1) is 0 Å². The molecule has 2 heterocycles. The van der Waals surface area contributed by atoms with Crippen LogP contribution in [0.5, 0.6) is 0 Å². The van der Waals surface area contributed by atoms with Gasteiger partial charge in [0.05, 0.1) is 18.3 Å². The fourth-order valence-electron chi connectivity index (χ4n) is 3.26. The van der Waals surface area contributed by atoms with Gasteiger partial charge in [-0.2, -0.15) is 0 Å². The third-order valence-corrected chi connectivity index (χ3v) is 4.92. The quantitative estimate of drug-likeness (QED) is 0.821. The molecule has 1 aliphatic heterocycles. The van der Waals surface area contributed by atoms with E-state index in [1.807, 2.05) is 24.3 Å². The van der Waals surface area contributed by atoms with Crippen molar-refractivity contribution in [2.75, 3.05) is 27.2 Å². The summed E-state index contributed by atoms with van der Waals surface area (Å²) in [5, 5.41) is 0.748. The minimum Gasteiger partial charge on any atom is -0.348 e. The van der Waals surface area contributed by atoms with Crippen molar-refractivity contribution in [3.8, 4) is 0 Å². The number of aromatic nitrogens is 1. The lowest BCUT2D eigenvalue weighted by atomic mass is 10.1. The number of pyridine rings is 1. The van der Waals surface area contributed by atoms with Crippen LogP contribution in [0.1, 0.15) is 35.8 Å². The van der Waals surface area contributed by atoms with Crippen molar-refractivity contribution in [3.63, 3.8) is 0 Å². The van der Waals surface area contributed by atoms with E-state index < -0.39 is 0 Å². The van der Waals surface area contributed by atoms with Crippen molar-refractivity contribution in [2.24, 2.45) is 0 Å². The molecule has 3 rings (SSSR count). The molecule has 0 spiro atoms. The van der Waals surface area contributed by atoms with Crippen LogP contribution in [-0.4, -0.2) is 47.9 Å². The Hall–Kier alpha value is -1.91. The van der Waals surface area contributed by atoms with Crippen LogP contribution >= 0.6 is 11.6 Å². The second-order valence-electron chi connectivity index (χ2n) is 6.77. The van der Waals surface area contributed by atoms with E-state index in [4.69, 9.17) is 16.6 Å². The van der Waals surface area contributed by atoms with Gasteiger partial charge < -0.3 is 4.90 Å². The van der Waals surface area contributed by atoms with Crippen LogP contribution in [0, 0.1) is 0 Å². The Kier molecular flexibility index (Phi) is 5.71. The fourth-order valence-corrected chi connectivity index (χ4v) is 3.39. The summed E-state index contributed by atoms with van der Waals surface area (Å²) in [6, 6.07) is 14.3. The summed E-state index contributed by atoms with van der Waals surface area (Å²) in [7, 11) is 3.61. The maximum absolute atomic E-state index is 12.1. The van der Waals surface area contributed by atoms with Gasteiger partial charge in [0.25, 0.3) is 0 Å². The number of rotatable bonds is 5. The predicted molar refractivity (Wildman–Crippen MR) is 101 cm³/mol. The van der Waals surface area contributed by atoms with E-state index in [9.17, 15) is 4.79 Å². The predicted octanol–water partition coefficient (Wildman–Crippen LogP) is 3.55. The molecule has 0 aliphatic carbocycles. The molecule has 0 unspecified atom stereocenters. The van der Waals surface area contributed by atoms with E-state index in [0.29, 0.717) is 6.54 Å². The number of likely N-dealkylation sites (tertiary alicyclic amines) is 1. The number of amides is 1. The highest BCUT2D eigenvalue weighted by Gasteiger charge is 2.29. The lowest BCUT2D eigenvalue weighted by molar-refractivity contribution is -0.130. The van der Waals surface area contributed by atoms with Crippen LogP contribution in [0.25, 0.3) is 0 Å². The molecule has 25 heavy (non-hydrogen) atoms. The van der Waals surface area contributed by atoms with Crippen LogP contribution in [0.4, 0.5) is 0 Å². The zero-order chi connectivity index (χ0) is 17.8. The first-order chi connectivity index (χ1) is 12.0. The molecule has 1 fully saturated rings.